The number of ether oxygens (including phenoxy) is 4. The van der Waals surface area contributed by atoms with E-state index < -0.39 is 0 Å². The molecule has 0 spiro atoms. The molecule has 2 aromatic rings. The number of rotatable bonds is 7. The summed E-state index contributed by atoms with van der Waals surface area (Å²) in [7, 11) is 4.76. The van der Waals surface area contributed by atoms with Crippen molar-refractivity contribution in [2.75, 3.05) is 41.1 Å². The van der Waals surface area contributed by atoms with Crippen LogP contribution in [0.25, 0.3) is 0 Å². The molecule has 0 aromatic heterocycles. The van der Waals surface area contributed by atoms with E-state index in [1.807, 2.05) is 18.2 Å². The van der Waals surface area contributed by atoms with Crippen molar-refractivity contribution >= 4 is 5.91 Å². The summed E-state index contributed by atoms with van der Waals surface area (Å²) in [5.41, 5.74) is 1.30. The van der Waals surface area contributed by atoms with E-state index in [1.54, 1.807) is 32.4 Å². The van der Waals surface area contributed by atoms with Crippen LogP contribution in [0.2, 0.25) is 0 Å². The molecule has 1 aliphatic heterocycles. The Hall–Kier alpha value is -2.73. The standard InChI is InChI=1S/C22H27NO5/c1-25-18-9-5-4-8-17(18)22(11-13-28-14-12-22)15-23-21(24)16-7-6-10-19(26-2)20(16)27-3/h4-10H,11-15H2,1-3H3,(H,23,24). The molecule has 28 heavy (non-hydrogen) atoms. The van der Waals surface area contributed by atoms with Crippen molar-refractivity contribution < 1.29 is 23.7 Å². The zero-order chi connectivity index (χ0) is 20.0. The van der Waals surface area contributed by atoms with E-state index in [9.17, 15) is 4.79 Å². The number of nitrogens with one attached hydrogen (secondary N) is 1. The van der Waals surface area contributed by atoms with E-state index in [0.29, 0.717) is 36.8 Å². The van der Waals surface area contributed by atoms with Crippen molar-refractivity contribution in [1.29, 1.82) is 0 Å². The van der Waals surface area contributed by atoms with Gasteiger partial charge in [0.15, 0.2) is 11.5 Å². The SMILES string of the molecule is COc1ccccc1C1(CNC(=O)c2cccc(OC)c2OC)CCOCC1. The number of hydrogen-bond acceptors (Lipinski definition) is 5. The van der Waals surface area contributed by atoms with Crippen LogP contribution in [0.15, 0.2) is 42.5 Å². The molecule has 0 bridgehead atoms. The third kappa shape index (κ3) is 3.92. The summed E-state index contributed by atoms with van der Waals surface area (Å²) >= 11 is 0. The van der Waals surface area contributed by atoms with Gasteiger partial charge in [0.1, 0.15) is 5.75 Å². The van der Waals surface area contributed by atoms with Crippen LogP contribution in [0.5, 0.6) is 17.2 Å². The minimum Gasteiger partial charge on any atom is -0.496 e. The minimum absolute atomic E-state index is 0.198. The molecule has 1 N–H and O–H groups in total. The average molecular weight is 385 g/mol. The maximum absolute atomic E-state index is 13.0. The maximum Gasteiger partial charge on any atom is 0.255 e. The number of carbonyl (C=O) groups excluding carboxylic acids is 1. The Labute approximate surface area is 165 Å². The number of para-hydroxylation sites is 2. The molecule has 150 valence electrons. The normalized spacial score (nSPS) is 15.5. The van der Waals surface area contributed by atoms with E-state index in [0.717, 1.165) is 24.2 Å². The quantitative estimate of drug-likeness (QED) is 0.793. The number of amides is 1. The maximum atomic E-state index is 13.0. The lowest BCUT2D eigenvalue weighted by Gasteiger charge is -2.38. The van der Waals surface area contributed by atoms with Crippen LogP contribution < -0.4 is 19.5 Å². The highest BCUT2D eigenvalue weighted by atomic mass is 16.5. The smallest absolute Gasteiger partial charge is 0.255 e. The second-order valence-electron chi connectivity index (χ2n) is 6.82. The van der Waals surface area contributed by atoms with Crippen molar-refractivity contribution in [2.24, 2.45) is 0 Å². The summed E-state index contributed by atoms with van der Waals surface area (Å²) in [5.74, 6) is 1.59. The van der Waals surface area contributed by atoms with Crippen LogP contribution in [0.3, 0.4) is 0 Å². The van der Waals surface area contributed by atoms with Gasteiger partial charge in [0.2, 0.25) is 0 Å². The second-order valence-corrected chi connectivity index (χ2v) is 6.82. The molecule has 1 aliphatic rings. The molecule has 0 unspecified atom stereocenters. The van der Waals surface area contributed by atoms with E-state index in [-0.39, 0.29) is 11.3 Å². The molecule has 0 saturated carbocycles. The zero-order valence-electron chi connectivity index (χ0n) is 16.6. The Morgan fingerprint density at radius 2 is 1.64 bits per heavy atom. The van der Waals surface area contributed by atoms with Crippen LogP contribution in [0.1, 0.15) is 28.8 Å². The highest BCUT2D eigenvalue weighted by molar-refractivity contribution is 5.97. The van der Waals surface area contributed by atoms with Gasteiger partial charge in [0, 0.05) is 30.7 Å². The molecule has 2 aromatic carbocycles. The topological polar surface area (TPSA) is 66.0 Å². The summed E-state index contributed by atoms with van der Waals surface area (Å²) in [6.07, 6.45) is 1.62. The second kappa shape index (κ2) is 8.97. The van der Waals surface area contributed by atoms with Crippen LogP contribution in [-0.2, 0) is 10.2 Å². The van der Waals surface area contributed by atoms with Gasteiger partial charge in [-0.2, -0.15) is 0 Å². The third-order valence-corrected chi connectivity index (χ3v) is 5.36. The lowest BCUT2D eigenvalue weighted by Crippen LogP contribution is -2.44. The van der Waals surface area contributed by atoms with Gasteiger partial charge in [0.25, 0.3) is 5.91 Å². The number of carbonyl (C=O) groups is 1. The summed E-state index contributed by atoms with van der Waals surface area (Å²) in [5, 5.41) is 3.10. The predicted octanol–water partition coefficient (Wildman–Crippen LogP) is 3.19. The van der Waals surface area contributed by atoms with E-state index in [4.69, 9.17) is 18.9 Å². The minimum atomic E-state index is -0.243. The Morgan fingerprint density at radius 3 is 2.32 bits per heavy atom. The Bertz CT molecular complexity index is 814. The van der Waals surface area contributed by atoms with Gasteiger partial charge in [-0.1, -0.05) is 24.3 Å². The molecular formula is C22H27NO5. The first-order valence-corrected chi connectivity index (χ1v) is 9.35. The fourth-order valence-corrected chi connectivity index (χ4v) is 3.80. The van der Waals surface area contributed by atoms with Gasteiger partial charge in [-0.05, 0) is 31.0 Å². The Kier molecular flexibility index (Phi) is 6.41. The number of methoxy groups -OCH3 is 3. The van der Waals surface area contributed by atoms with Crippen molar-refractivity contribution in [3.05, 3.63) is 53.6 Å². The molecule has 1 heterocycles. The van der Waals surface area contributed by atoms with Gasteiger partial charge in [-0.3, -0.25) is 4.79 Å². The van der Waals surface area contributed by atoms with Crippen molar-refractivity contribution in [2.45, 2.75) is 18.3 Å². The van der Waals surface area contributed by atoms with Crippen molar-refractivity contribution in [3.63, 3.8) is 0 Å². The molecule has 0 radical (unpaired) electrons. The Balaban J connectivity index is 1.87. The summed E-state index contributed by atoms with van der Waals surface area (Å²) < 4.78 is 21.9. The third-order valence-electron chi connectivity index (χ3n) is 5.36. The number of benzene rings is 2. The lowest BCUT2D eigenvalue weighted by molar-refractivity contribution is 0.0478. The molecule has 1 amide bonds. The summed E-state index contributed by atoms with van der Waals surface area (Å²) in [6.45, 7) is 1.78. The van der Waals surface area contributed by atoms with Crippen LogP contribution >= 0.6 is 0 Å². The van der Waals surface area contributed by atoms with E-state index in [1.165, 1.54) is 7.11 Å². The van der Waals surface area contributed by atoms with E-state index >= 15 is 0 Å². The molecular weight excluding hydrogens is 358 g/mol. The molecule has 0 aliphatic carbocycles. The van der Waals surface area contributed by atoms with Gasteiger partial charge in [0.05, 0.1) is 26.9 Å². The molecule has 1 saturated heterocycles. The molecule has 6 nitrogen and oxygen atoms in total. The largest absolute Gasteiger partial charge is 0.496 e. The molecule has 3 rings (SSSR count). The molecule has 1 fully saturated rings. The monoisotopic (exact) mass is 385 g/mol. The highest BCUT2D eigenvalue weighted by Crippen LogP contribution is 2.39. The first kappa shape index (κ1) is 20.0. The van der Waals surface area contributed by atoms with Crippen molar-refractivity contribution in [1.82, 2.24) is 5.32 Å². The first-order chi connectivity index (χ1) is 13.6. The van der Waals surface area contributed by atoms with Crippen LogP contribution in [0, 0.1) is 0 Å². The van der Waals surface area contributed by atoms with Crippen LogP contribution in [-0.4, -0.2) is 47.0 Å². The zero-order valence-corrected chi connectivity index (χ0v) is 16.6. The van der Waals surface area contributed by atoms with E-state index in [2.05, 4.69) is 11.4 Å². The fourth-order valence-electron chi connectivity index (χ4n) is 3.80. The predicted molar refractivity (Wildman–Crippen MR) is 107 cm³/mol. The molecule has 0 atom stereocenters. The Morgan fingerprint density at radius 1 is 0.964 bits per heavy atom. The summed E-state index contributed by atoms with van der Waals surface area (Å²) in [6, 6.07) is 13.3. The van der Waals surface area contributed by atoms with Gasteiger partial charge >= 0.3 is 0 Å². The highest BCUT2D eigenvalue weighted by Gasteiger charge is 2.37. The lowest BCUT2D eigenvalue weighted by atomic mass is 9.73. The first-order valence-electron chi connectivity index (χ1n) is 9.35. The van der Waals surface area contributed by atoms with Gasteiger partial charge in [-0.25, -0.2) is 0 Å². The molecule has 6 heteroatoms. The van der Waals surface area contributed by atoms with Crippen LogP contribution in [0.4, 0.5) is 0 Å². The van der Waals surface area contributed by atoms with Gasteiger partial charge < -0.3 is 24.3 Å². The fraction of sp³-hybridized carbons (Fsp3) is 0.409. The van der Waals surface area contributed by atoms with Crippen molar-refractivity contribution in [3.8, 4) is 17.2 Å². The van der Waals surface area contributed by atoms with Gasteiger partial charge in [-0.15, -0.1) is 0 Å². The number of hydrogen-bond donors (Lipinski definition) is 1. The average Bonchev–Trinajstić information content (AvgIpc) is 2.77. The summed E-state index contributed by atoms with van der Waals surface area (Å²) in [4.78, 5) is 13.0.